The summed E-state index contributed by atoms with van der Waals surface area (Å²) in [6.07, 6.45) is -0.887. The Kier molecular flexibility index (Phi) is 21.2. The number of benzene rings is 2. The molecule has 2 aliphatic rings. The number of hydrogen-bond acceptors (Lipinski definition) is 19. The van der Waals surface area contributed by atoms with Crippen LogP contribution < -0.4 is 37.7 Å². The number of aliphatic carboxylic acids is 6. The number of nitrogens with zero attached hydrogens (tertiary/aromatic N) is 5. The van der Waals surface area contributed by atoms with Gasteiger partial charge in [0.05, 0.1) is 13.1 Å². The van der Waals surface area contributed by atoms with E-state index in [0.717, 1.165) is 4.90 Å². The van der Waals surface area contributed by atoms with Gasteiger partial charge in [0, 0.05) is 133 Å². The van der Waals surface area contributed by atoms with Crippen molar-refractivity contribution in [2.45, 2.75) is 24.2 Å². The predicted molar refractivity (Wildman–Crippen MR) is 274 cm³/mol. The third-order valence-corrected chi connectivity index (χ3v) is 13.5. The maximum absolute atomic E-state index is 14.3. The van der Waals surface area contributed by atoms with Gasteiger partial charge in [-0.05, 0) is 23.3 Å². The first-order valence-corrected chi connectivity index (χ1v) is 24.8. The quantitative estimate of drug-likeness (QED) is 0.0240. The first-order valence-electron chi connectivity index (χ1n) is 24.8. The third kappa shape index (κ3) is 14.7. The Bertz CT molecular complexity index is 2790. The van der Waals surface area contributed by atoms with Crippen molar-refractivity contribution in [3.8, 4) is 0 Å². The van der Waals surface area contributed by atoms with Crippen LogP contribution in [-0.2, 0) is 44.8 Å². The van der Waals surface area contributed by atoms with E-state index < -0.39 is 77.8 Å². The Labute approximate surface area is 444 Å². The van der Waals surface area contributed by atoms with E-state index in [2.05, 4.69) is 47.6 Å². The van der Waals surface area contributed by atoms with Crippen molar-refractivity contribution in [2.24, 2.45) is 0 Å². The standard InChI is InChI=1S/C48H64N14O16/c63-28-35(60-21-19-59(27-37(65)66)16-12-51-13-17-61(23-22-60)40(43(69)70)44(71)72)54-56-41(67)38-31(29-5-1-3-7-33(29)52-38)25-32-30-6-2-4-8-34(30)53-39(32)42(68)57-55-36(64)26-58-15-11-49-9-10-50-14-18-62(24-20-58)48(45(73)74,46(75)76)47(77)78/h1-8,28,35,40,49-54H,9-27H2,(H,55,64)(H,56,67)(H,57,68)(H,65,66)(H,69,70)(H,71,72)(H,73,74)(H,75,76)(H,77,78). The fraction of sp³-hybridized carbons (Fsp3) is 0.458. The average Bonchev–Trinajstić information content (AvgIpc) is 3.94. The van der Waals surface area contributed by atoms with Gasteiger partial charge >= 0.3 is 41.4 Å². The van der Waals surface area contributed by atoms with Crippen LogP contribution in [0.25, 0.3) is 21.8 Å². The summed E-state index contributed by atoms with van der Waals surface area (Å²) in [5, 5.41) is 69.4. The van der Waals surface area contributed by atoms with Gasteiger partial charge < -0.3 is 61.4 Å². The van der Waals surface area contributed by atoms with Crippen LogP contribution in [0, 0.1) is 0 Å². The van der Waals surface area contributed by atoms with Crippen LogP contribution in [0.3, 0.4) is 0 Å². The topological polar surface area (TPSA) is 424 Å². The number of amides is 3. The summed E-state index contributed by atoms with van der Waals surface area (Å²) < 4.78 is 0. The molecule has 2 fully saturated rings. The minimum atomic E-state index is -3.32. The Morgan fingerprint density at radius 3 is 1.55 bits per heavy atom. The monoisotopic (exact) mass is 1090 g/mol. The number of carboxylic acid groups (broad SMARTS) is 6. The van der Waals surface area contributed by atoms with E-state index >= 15 is 0 Å². The molecule has 2 aromatic heterocycles. The average molecular weight is 1090 g/mol. The molecule has 0 aliphatic carbocycles. The molecule has 0 spiro atoms. The number of fused-ring (bicyclic) bond motifs is 2. The van der Waals surface area contributed by atoms with Gasteiger partial charge in [0.1, 0.15) is 17.6 Å². The van der Waals surface area contributed by atoms with E-state index in [0.29, 0.717) is 65.4 Å². The minimum Gasteiger partial charge on any atom is -0.480 e. The van der Waals surface area contributed by atoms with Gasteiger partial charge in [0.25, 0.3) is 17.7 Å². The molecule has 4 heterocycles. The van der Waals surface area contributed by atoms with Crippen LogP contribution in [0.1, 0.15) is 32.1 Å². The molecule has 30 heteroatoms. The van der Waals surface area contributed by atoms with Crippen molar-refractivity contribution >= 4 is 81.6 Å². The summed E-state index contributed by atoms with van der Waals surface area (Å²) in [5.74, 6) is -12.8. The van der Waals surface area contributed by atoms with Gasteiger partial charge in [-0.2, -0.15) is 0 Å². The number of carbonyl (C=O) groups is 10. The van der Waals surface area contributed by atoms with E-state index in [4.69, 9.17) is 0 Å². The van der Waals surface area contributed by atoms with Crippen LogP contribution in [0.15, 0.2) is 48.5 Å². The van der Waals surface area contributed by atoms with E-state index in [1.165, 1.54) is 14.7 Å². The molecule has 2 aliphatic heterocycles. The SMILES string of the molecule is O=CC(NNC(=O)c1[nH]c2ccccc2c1Cc1c(C(=O)NNC(=O)CN2CCNCCNCCN(C(C(=O)O)(C(=O)O)C(=O)O)CC2)[nH]c2ccccc12)N1CCN(CC(=O)O)CCNCCN(C(C(=O)O)C(=O)O)CC1. The fourth-order valence-electron chi connectivity index (χ4n) is 9.46. The van der Waals surface area contributed by atoms with Crippen molar-refractivity contribution < 1.29 is 78.6 Å². The molecule has 6 rings (SSSR count). The van der Waals surface area contributed by atoms with E-state index in [1.54, 1.807) is 53.4 Å². The lowest BCUT2D eigenvalue weighted by molar-refractivity contribution is -0.179. The van der Waals surface area contributed by atoms with Crippen molar-refractivity contribution in [1.29, 1.82) is 0 Å². The van der Waals surface area contributed by atoms with E-state index in [9.17, 15) is 78.6 Å². The van der Waals surface area contributed by atoms with Crippen molar-refractivity contribution in [2.75, 3.05) is 118 Å². The number of aromatic nitrogens is 2. The molecule has 15 N–H and O–H groups in total. The van der Waals surface area contributed by atoms with Crippen molar-refractivity contribution in [3.05, 3.63) is 71.0 Å². The molecule has 0 bridgehead atoms. The highest BCUT2D eigenvalue weighted by molar-refractivity contribution is 6.21. The highest BCUT2D eigenvalue weighted by Crippen LogP contribution is 2.31. The lowest BCUT2D eigenvalue weighted by Gasteiger charge is -2.35. The van der Waals surface area contributed by atoms with E-state index in [-0.39, 0.29) is 103 Å². The maximum atomic E-state index is 14.3. The van der Waals surface area contributed by atoms with Crippen LogP contribution in [0.5, 0.6) is 0 Å². The summed E-state index contributed by atoms with van der Waals surface area (Å²) in [4.78, 5) is 140. The molecule has 0 radical (unpaired) electrons. The zero-order valence-electron chi connectivity index (χ0n) is 42.3. The number of hydrogen-bond donors (Lipinski definition) is 15. The molecule has 2 aromatic carbocycles. The number of carboxylic acids is 6. The minimum absolute atomic E-state index is 0.00417. The first-order chi connectivity index (χ1) is 37.4. The second-order valence-corrected chi connectivity index (χ2v) is 18.4. The zero-order valence-corrected chi connectivity index (χ0v) is 42.3. The molecule has 0 saturated carbocycles. The molecule has 2 saturated heterocycles. The molecule has 30 nitrogen and oxygen atoms in total. The van der Waals surface area contributed by atoms with Gasteiger partial charge in [-0.3, -0.25) is 60.0 Å². The molecular formula is C48H64N14O16. The van der Waals surface area contributed by atoms with Gasteiger partial charge in [-0.1, -0.05) is 36.4 Å². The molecular weight excluding hydrogens is 1030 g/mol. The summed E-state index contributed by atoms with van der Waals surface area (Å²) in [6.45, 7) is 0.441. The molecule has 78 heavy (non-hydrogen) atoms. The van der Waals surface area contributed by atoms with Gasteiger partial charge in [-0.25, -0.2) is 29.4 Å². The Balaban J connectivity index is 1.21. The largest absolute Gasteiger partial charge is 0.480 e. The molecule has 1 atom stereocenters. The predicted octanol–water partition coefficient (Wildman–Crippen LogP) is -4.32. The second kappa shape index (κ2) is 27.9. The Morgan fingerprint density at radius 1 is 0.538 bits per heavy atom. The van der Waals surface area contributed by atoms with E-state index in [1.807, 2.05) is 0 Å². The normalized spacial score (nSPS) is 17.3. The lowest BCUT2D eigenvalue weighted by atomic mass is 9.97. The Morgan fingerprint density at radius 2 is 1.01 bits per heavy atom. The number of nitrogens with one attached hydrogen (secondary N) is 9. The van der Waals surface area contributed by atoms with Crippen molar-refractivity contribution in [3.63, 3.8) is 0 Å². The lowest BCUT2D eigenvalue weighted by Crippen LogP contribution is -2.67. The number of H-pyrrole nitrogens is 2. The highest BCUT2D eigenvalue weighted by Gasteiger charge is 2.59. The summed E-state index contributed by atoms with van der Waals surface area (Å²) in [5.41, 5.74) is 8.69. The summed E-state index contributed by atoms with van der Waals surface area (Å²) in [6, 6.07) is 12.0. The number of rotatable bonds is 19. The van der Waals surface area contributed by atoms with Crippen LogP contribution in [0.4, 0.5) is 0 Å². The smallest absolute Gasteiger partial charge is 0.347 e. The Hall–Kier alpha value is -7.94. The van der Waals surface area contributed by atoms with Crippen LogP contribution >= 0.6 is 0 Å². The van der Waals surface area contributed by atoms with Gasteiger partial charge in [0.2, 0.25) is 6.04 Å². The third-order valence-electron chi connectivity index (χ3n) is 13.5. The van der Waals surface area contributed by atoms with Gasteiger partial charge in [-0.15, -0.1) is 0 Å². The molecule has 3 amide bonds. The molecule has 422 valence electrons. The van der Waals surface area contributed by atoms with Crippen molar-refractivity contribution in [1.82, 2.24) is 72.1 Å². The second-order valence-electron chi connectivity index (χ2n) is 18.4. The summed E-state index contributed by atoms with van der Waals surface area (Å²) >= 11 is 0. The fourth-order valence-corrected chi connectivity index (χ4v) is 9.46. The van der Waals surface area contributed by atoms with Gasteiger partial charge in [0.15, 0.2) is 6.29 Å². The number of para-hydroxylation sites is 2. The van der Waals surface area contributed by atoms with Crippen LogP contribution in [-0.4, -0.2) is 260 Å². The van der Waals surface area contributed by atoms with Crippen LogP contribution in [0.2, 0.25) is 0 Å². The number of aldehydes is 1. The summed E-state index contributed by atoms with van der Waals surface area (Å²) in [7, 11) is 0. The number of hydrazine groups is 2. The zero-order chi connectivity index (χ0) is 56.5. The number of carbonyl (C=O) groups excluding carboxylic acids is 4. The molecule has 1 unspecified atom stereocenters. The first kappa shape index (κ1) is 59.3. The number of aromatic amines is 2. The highest BCUT2D eigenvalue weighted by atomic mass is 16.4. The molecule has 4 aromatic rings. The maximum Gasteiger partial charge on any atom is 0.347 e.